The summed E-state index contributed by atoms with van der Waals surface area (Å²) in [6.45, 7) is 0. The maximum atomic E-state index is 12.4. The molecule has 1 fully saturated rings. The third-order valence-electron chi connectivity index (χ3n) is 3.73. The predicted molar refractivity (Wildman–Crippen MR) is 69.6 cm³/mol. The quantitative estimate of drug-likeness (QED) is 0.926. The second-order valence-corrected chi connectivity index (χ2v) is 5.16. The van der Waals surface area contributed by atoms with Crippen LogP contribution in [0.25, 0.3) is 10.9 Å². The van der Waals surface area contributed by atoms with Gasteiger partial charge >= 0.3 is 6.18 Å². The Morgan fingerprint density at radius 1 is 1.24 bits per heavy atom. The monoisotopic (exact) mass is 295 g/mol. The Hall–Kier alpha value is -2.18. The molecule has 1 aromatic heterocycles. The largest absolute Gasteiger partial charge is 0.391 e. The fourth-order valence-corrected chi connectivity index (χ4v) is 2.45. The lowest BCUT2D eigenvalue weighted by Crippen LogP contribution is -2.48. The first kappa shape index (κ1) is 13.8. The van der Waals surface area contributed by atoms with E-state index in [9.17, 15) is 18.0 Å². The second-order valence-electron chi connectivity index (χ2n) is 5.16. The lowest BCUT2D eigenvalue weighted by atomic mass is 9.79. The van der Waals surface area contributed by atoms with E-state index in [0.29, 0.717) is 16.5 Å². The number of carbonyl (C=O) groups excluding carboxylic acids is 1. The van der Waals surface area contributed by atoms with Crippen LogP contribution in [0.1, 0.15) is 23.2 Å². The van der Waals surface area contributed by atoms with E-state index in [0.717, 1.165) is 0 Å². The minimum atomic E-state index is -4.17. The summed E-state index contributed by atoms with van der Waals surface area (Å²) in [5.41, 5.74) is 0.906. The molecule has 2 aromatic rings. The smallest absolute Gasteiger partial charge is 0.349 e. The van der Waals surface area contributed by atoms with Gasteiger partial charge in [0.05, 0.1) is 23.2 Å². The molecule has 4 nitrogen and oxygen atoms in total. The number of carbonyl (C=O) groups is 1. The number of benzene rings is 1. The highest BCUT2D eigenvalue weighted by atomic mass is 19.4. The van der Waals surface area contributed by atoms with E-state index < -0.39 is 24.0 Å². The van der Waals surface area contributed by atoms with Crippen LogP contribution in [0.3, 0.4) is 0 Å². The van der Waals surface area contributed by atoms with Crippen LogP contribution < -0.4 is 5.32 Å². The number of aromatic nitrogens is 2. The van der Waals surface area contributed by atoms with E-state index in [4.69, 9.17) is 0 Å². The van der Waals surface area contributed by atoms with E-state index in [1.54, 1.807) is 24.3 Å². The third kappa shape index (κ3) is 2.68. The molecule has 0 radical (unpaired) electrons. The lowest BCUT2D eigenvalue weighted by Gasteiger charge is -2.36. The van der Waals surface area contributed by atoms with E-state index in [1.807, 2.05) is 0 Å². The van der Waals surface area contributed by atoms with E-state index in [-0.39, 0.29) is 12.8 Å². The lowest BCUT2D eigenvalue weighted by molar-refractivity contribution is -0.198. The molecule has 1 N–H and O–H groups in total. The Balaban J connectivity index is 1.72. The van der Waals surface area contributed by atoms with Gasteiger partial charge < -0.3 is 5.32 Å². The number of hydrogen-bond donors (Lipinski definition) is 1. The van der Waals surface area contributed by atoms with Gasteiger partial charge in [-0.1, -0.05) is 18.2 Å². The Bertz CT molecular complexity index is 675. The van der Waals surface area contributed by atoms with Crippen molar-refractivity contribution in [3.63, 3.8) is 0 Å². The molecule has 7 heteroatoms. The number of amides is 1. The first-order valence-corrected chi connectivity index (χ1v) is 6.53. The maximum Gasteiger partial charge on any atom is 0.391 e. The van der Waals surface area contributed by atoms with Crippen LogP contribution in [-0.2, 0) is 0 Å². The predicted octanol–water partition coefficient (Wildman–Crippen LogP) is 2.70. The fraction of sp³-hybridized carbons (Fsp3) is 0.357. The molecule has 1 aliphatic carbocycles. The summed E-state index contributed by atoms with van der Waals surface area (Å²) in [6, 6.07) is 6.57. The number of rotatable bonds is 2. The van der Waals surface area contributed by atoms with Gasteiger partial charge in [0.25, 0.3) is 5.91 Å². The normalized spacial score (nSPS) is 21.9. The molecule has 1 aliphatic rings. The van der Waals surface area contributed by atoms with Crippen molar-refractivity contribution in [2.45, 2.75) is 25.1 Å². The summed E-state index contributed by atoms with van der Waals surface area (Å²) in [5.74, 6) is -1.72. The molecule has 3 rings (SSSR count). The van der Waals surface area contributed by atoms with Gasteiger partial charge in [-0.2, -0.15) is 23.4 Å². The van der Waals surface area contributed by atoms with Crippen LogP contribution in [0, 0.1) is 5.92 Å². The summed E-state index contributed by atoms with van der Waals surface area (Å²) in [4.78, 5) is 12.2. The molecule has 0 unspecified atom stereocenters. The van der Waals surface area contributed by atoms with Crippen molar-refractivity contribution in [3.8, 4) is 0 Å². The minimum absolute atomic E-state index is 0.0638. The number of nitrogens with zero attached hydrogens (tertiary/aromatic N) is 2. The van der Waals surface area contributed by atoms with Gasteiger partial charge in [-0.3, -0.25) is 4.79 Å². The summed E-state index contributed by atoms with van der Waals surface area (Å²) in [5, 5.41) is 10.9. The van der Waals surface area contributed by atoms with Gasteiger partial charge in [-0.05, 0) is 18.9 Å². The van der Waals surface area contributed by atoms with Crippen molar-refractivity contribution in [2.75, 3.05) is 0 Å². The molecule has 0 spiro atoms. The zero-order valence-corrected chi connectivity index (χ0v) is 10.9. The molecule has 0 aliphatic heterocycles. The number of alkyl halides is 3. The topological polar surface area (TPSA) is 54.9 Å². The van der Waals surface area contributed by atoms with Crippen LogP contribution in [0.2, 0.25) is 0 Å². The van der Waals surface area contributed by atoms with Gasteiger partial charge in [0, 0.05) is 11.4 Å². The Labute approximate surface area is 118 Å². The molecule has 21 heavy (non-hydrogen) atoms. The molecular formula is C14H12F3N3O. The van der Waals surface area contributed by atoms with Crippen LogP contribution in [0.4, 0.5) is 13.2 Å². The summed E-state index contributed by atoms with van der Waals surface area (Å²) >= 11 is 0. The Morgan fingerprint density at radius 3 is 2.67 bits per heavy atom. The highest BCUT2D eigenvalue weighted by Gasteiger charge is 2.48. The summed E-state index contributed by atoms with van der Waals surface area (Å²) in [6.07, 6.45) is -2.97. The fourth-order valence-electron chi connectivity index (χ4n) is 2.45. The minimum Gasteiger partial charge on any atom is -0.349 e. The van der Waals surface area contributed by atoms with Crippen LogP contribution in [0.5, 0.6) is 0 Å². The molecule has 0 saturated heterocycles. The van der Waals surface area contributed by atoms with Crippen molar-refractivity contribution in [2.24, 2.45) is 5.92 Å². The standard InChI is InChI=1S/C14H12F3N3O/c15-14(16,17)8-5-9(6-8)19-13(21)11-7-18-20-12-4-2-1-3-10(11)12/h1-4,7-9H,5-6H2,(H,19,21). The number of nitrogens with one attached hydrogen (secondary N) is 1. The van der Waals surface area contributed by atoms with Crippen molar-refractivity contribution < 1.29 is 18.0 Å². The maximum absolute atomic E-state index is 12.4. The summed E-state index contributed by atoms with van der Waals surface area (Å²) < 4.78 is 37.2. The van der Waals surface area contributed by atoms with Gasteiger partial charge in [0.2, 0.25) is 0 Å². The highest BCUT2D eigenvalue weighted by molar-refractivity contribution is 6.05. The SMILES string of the molecule is O=C(NC1CC(C(F)(F)F)C1)c1cnnc2ccccc12. The second kappa shape index (κ2) is 4.98. The number of hydrogen-bond acceptors (Lipinski definition) is 3. The Morgan fingerprint density at radius 2 is 1.95 bits per heavy atom. The van der Waals surface area contributed by atoms with Crippen LogP contribution in [-0.4, -0.2) is 28.3 Å². The first-order chi connectivity index (χ1) is 9.95. The van der Waals surface area contributed by atoms with Crippen molar-refractivity contribution in [1.82, 2.24) is 15.5 Å². The molecule has 1 amide bonds. The summed E-state index contributed by atoms with van der Waals surface area (Å²) in [7, 11) is 0. The van der Waals surface area contributed by atoms with Gasteiger partial charge in [-0.15, -0.1) is 0 Å². The average Bonchev–Trinajstić information content (AvgIpc) is 2.40. The van der Waals surface area contributed by atoms with Gasteiger partial charge in [0.15, 0.2) is 0 Å². The molecule has 1 aromatic carbocycles. The first-order valence-electron chi connectivity index (χ1n) is 6.53. The van der Waals surface area contributed by atoms with E-state index >= 15 is 0 Å². The number of halogens is 3. The molecule has 0 atom stereocenters. The molecule has 110 valence electrons. The highest BCUT2D eigenvalue weighted by Crippen LogP contribution is 2.41. The number of fused-ring (bicyclic) bond motifs is 1. The molecular weight excluding hydrogens is 283 g/mol. The zero-order chi connectivity index (χ0) is 15.0. The Kier molecular flexibility index (Phi) is 3.27. The molecule has 0 bridgehead atoms. The van der Waals surface area contributed by atoms with E-state index in [1.165, 1.54) is 6.20 Å². The zero-order valence-electron chi connectivity index (χ0n) is 10.9. The molecule has 1 heterocycles. The van der Waals surface area contributed by atoms with Crippen molar-refractivity contribution in [3.05, 3.63) is 36.0 Å². The molecule has 1 saturated carbocycles. The van der Waals surface area contributed by atoms with Gasteiger partial charge in [-0.25, -0.2) is 0 Å². The van der Waals surface area contributed by atoms with Gasteiger partial charge in [0.1, 0.15) is 0 Å². The van der Waals surface area contributed by atoms with Crippen molar-refractivity contribution in [1.29, 1.82) is 0 Å². The van der Waals surface area contributed by atoms with Crippen LogP contribution in [0.15, 0.2) is 30.5 Å². The average molecular weight is 295 g/mol. The van der Waals surface area contributed by atoms with E-state index in [2.05, 4.69) is 15.5 Å². The van der Waals surface area contributed by atoms with Crippen molar-refractivity contribution >= 4 is 16.8 Å². The third-order valence-corrected chi connectivity index (χ3v) is 3.73. The van der Waals surface area contributed by atoms with Crippen LogP contribution >= 0.6 is 0 Å².